The first-order valence-corrected chi connectivity index (χ1v) is 16.7. The monoisotopic (exact) mass is 605 g/mol. The number of allylic oxidation sites excluding steroid dienone is 5. The maximum atomic E-state index is 5.21. The lowest BCUT2D eigenvalue weighted by Crippen LogP contribution is -2.18. The van der Waals surface area contributed by atoms with Crippen LogP contribution < -0.4 is 0 Å². The molecule has 0 bridgehead atoms. The summed E-state index contributed by atoms with van der Waals surface area (Å²) < 4.78 is 0. The zero-order valence-electron chi connectivity index (χ0n) is 26.7. The van der Waals surface area contributed by atoms with Crippen LogP contribution in [0.4, 0.5) is 0 Å². The van der Waals surface area contributed by atoms with E-state index < -0.39 is 0 Å². The molecule has 0 amide bonds. The molecule has 3 aliphatic rings. The molecule has 3 heteroatoms. The van der Waals surface area contributed by atoms with E-state index in [0.29, 0.717) is 17.6 Å². The zero-order valence-corrected chi connectivity index (χ0v) is 26.7. The second kappa shape index (κ2) is 10.8. The van der Waals surface area contributed by atoms with Crippen LogP contribution in [0.25, 0.3) is 56.6 Å². The number of benzene rings is 5. The van der Waals surface area contributed by atoms with Gasteiger partial charge in [-0.2, -0.15) is 0 Å². The lowest BCUT2D eigenvalue weighted by atomic mass is 9.73. The van der Waals surface area contributed by atoms with Crippen LogP contribution in [0, 0.1) is 0 Å². The Morgan fingerprint density at radius 3 is 2.00 bits per heavy atom. The Labute approximate surface area is 276 Å². The predicted octanol–water partition coefficient (Wildman–Crippen LogP) is 10.8. The van der Waals surface area contributed by atoms with E-state index in [2.05, 4.69) is 111 Å². The average molecular weight is 606 g/mol. The van der Waals surface area contributed by atoms with Crippen LogP contribution in [-0.4, -0.2) is 15.0 Å². The Morgan fingerprint density at radius 2 is 1.28 bits per heavy atom. The number of aromatic nitrogens is 3. The molecule has 3 aliphatic carbocycles. The molecular weight excluding hydrogens is 571 g/mol. The molecule has 0 saturated heterocycles. The van der Waals surface area contributed by atoms with Gasteiger partial charge in [0.25, 0.3) is 0 Å². The third-order valence-electron chi connectivity index (χ3n) is 10.3. The average Bonchev–Trinajstić information content (AvgIpc) is 3.36. The summed E-state index contributed by atoms with van der Waals surface area (Å²) in [5.41, 5.74) is 12.9. The molecule has 0 unspecified atom stereocenters. The van der Waals surface area contributed by atoms with Crippen LogP contribution in [0.1, 0.15) is 60.4 Å². The van der Waals surface area contributed by atoms with E-state index in [9.17, 15) is 0 Å². The molecule has 0 aliphatic heterocycles. The molecular formula is C44H35N3. The van der Waals surface area contributed by atoms with E-state index in [1.54, 1.807) is 0 Å². The molecule has 5 aromatic carbocycles. The van der Waals surface area contributed by atoms with Crippen LogP contribution in [0.2, 0.25) is 0 Å². The second-order valence-corrected chi connectivity index (χ2v) is 13.4. The maximum Gasteiger partial charge on any atom is 0.165 e. The van der Waals surface area contributed by atoms with Crippen molar-refractivity contribution in [2.24, 2.45) is 0 Å². The summed E-state index contributed by atoms with van der Waals surface area (Å²) >= 11 is 0. The van der Waals surface area contributed by atoms with Crippen LogP contribution in [-0.2, 0) is 11.8 Å². The minimum Gasteiger partial charge on any atom is -0.208 e. The number of fused-ring (bicyclic) bond motifs is 5. The van der Waals surface area contributed by atoms with Crippen molar-refractivity contribution in [3.05, 3.63) is 161 Å². The SMILES string of the molecule is CC1(C)C2=C[C@H](c3c4c(c(-c5nc(-c6ccccc6)nc(-c6ccccc6)n5)c5ccccc35)C=CCC4)CC=C2c2ccccc21. The van der Waals surface area contributed by atoms with Gasteiger partial charge in [-0.3, -0.25) is 0 Å². The Balaban J connectivity index is 1.28. The Kier molecular flexibility index (Phi) is 6.43. The highest BCUT2D eigenvalue weighted by Gasteiger charge is 2.40. The van der Waals surface area contributed by atoms with Gasteiger partial charge in [-0.25, -0.2) is 15.0 Å². The fraction of sp³-hybridized carbons (Fsp3) is 0.159. The number of hydrogen-bond donors (Lipinski definition) is 0. The Morgan fingerprint density at radius 1 is 0.660 bits per heavy atom. The van der Waals surface area contributed by atoms with Crippen molar-refractivity contribution in [3.8, 4) is 34.2 Å². The molecule has 0 radical (unpaired) electrons. The number of rotatable bonds is 4. The molecule has 9 rings (SSSR count). The molecule has 1 atom stereocenters. The van der Waals surface area contributed by atoms with Gasteiger partial charge in [-0.1, -0.05) is 147 Å². The van der Waals surface area contributed by atoms with Gasteiger partial charge in [0.1, 0.15) is 0 Å². The molecule has 226 valence electrons. The Bertz CT molecular complexity index is 2230. The molecule has 6 aromatic rings. The second-order valence-electron chi connectivity index (χ2n) is 13.4. The minimum absolute atomic E-state index is 0.0244. The summed E-state index contributed by atoms with van der Waals surface area (Å²) in [5.74, 6) is 2.39. The summed E-state index contributed by atoms with van der Waals surface area (Å²) in [7, 11) is 0. The third kappa shape index (κ3) is 4.45. The highest BCUT2D eigenvalue weighted by atomic mass is 15.0. The number of hydrogen-bond acceptors (Lipinski definition) is 3. The Hall–Kier alpha value is -5.41. The van der Waals surface area contributed by atoms with Crippen molar-refractivity contribution < 1.29 is 0 Å². The fourth-order valence-electron chi connectivity index (χ4n) is 8.13. The molecule has 3 nitrogen and oxygen atoms in total. The van der Waals surface area contributed by atoms with Crippen molar-refractivity contribution >= 4 is 22.4 Å². The van der Waals surface area contributed by atoms with Gasteiger partial charge in [-0.15, -0.1) is 0 Å². The summed E-state index contributed by atoms with van der Waals surface area (Å²) in [6, 6.07) is 38.4. The lowest BCUT2D eigenvalue weighted by Gasteiger charge is -2.30. The van der Waals surface area contributed by atoms with Crippen molar-refractivity contribution in [2.45, 2.75) is 44.4 Å². The smallest absolute Gasteiger partial charge is 0.165 e. The van der Waals surface area contributed by atoms with E-state index in [4.69, 9.17) is 15.0 Å². The third-order valence-corrected chi connectivity index (χ3v) is 10.3. The van der Waals surface area contributed by atoms with Crippen molar-refractivity contribution in [1.82, 2.24) is 15.0 Å². The van der Waals surface area contributed by atoms with Crippen molar-refractivity contribution in [2.75, 3.05) is 0 Å². The van der Waals surface area contributed by atoms with Gasteiger partial charge in [-0.05, 0) is 69.0 Å². The van der Waals surface area contributed by atoms with E-state index in [-0.39, 0.29) is 5.41 Å². The fourth-order valence-corrected chi connectivity index (χ4v) is 8.13. The van der Waals surface area contributed by atoms with Crippen molar-refractivity contribution in [3.63, 3.8) is 0 Å². The summed E-state index contributed by atoms with van der Waals surface area (Å²) in [6.07, 6.45) is 12.8. The first kappa shape index (κ1) is 27.9. The lowest BCUT2D eigenvalue weighted by molar-refractivity contribution is 0.648. The van der Waals surface area contributed by atoms with Gasteiger partial charge < -0.3 is 0 Å². The first-order chi connectivity index (χ1) is 23.1. The van der Waals surface area contributed by atoms with Gasteiger partial charge in [0, 0.05) is 28.0 Å². The molecule has 47 heavy (non-hydrogen) atoms. The zero-order chi connectivity index (χ0) is 31.5. The molecule has 0 spiro atoms. The first-order valence-electron chi connectivity index (χ1n) is 16.7. The summed E-state index contributed by atoms with van der Waals surface area (Å²) in [6.45, 7) is 4.77. The van der Waals surface area contributed by atoms with Crippen LogP contribution >= 0.6 is 0 Å². The van der Waals surface area contributed by atoms with Gasteiger partial charge in [0.2, 0.25) is 0 Å². The molecule has 0 fully saturated rings. The standard InChI is InChI=1S/C44H35N3/c1-44(2)37-24-14-13-19-31(37)32-26-25-30(27-38(32)44)39-33-20-9-11-22-35(33)40(36-23-12-10-21-34(36)39)43-46-41(28-15-5-3-6-16-28)45-42(47-43)29-17-7-4-8-18-29/h3-9,11-20,22-24,26-27,30H,10,21,25H2,1-2H3/t30-/m1/s1. The normalized spacial score (nSPS) is 17.4. The van der Waals surface area contributed by atoms with E-state index in [1.165, 1.54) is 49.7 Å². The molecule has 1 aromatic heterocycles. The van der Waals surface area contributed by atoms with Gasteiger partial charge >= 0.3 is 0 Å². The summed E-state index contributed by atoms with van der Waals surface area (Å²) in [5, 5.41) is 2.49. The van der Waals surface area contributed by atoms with E-state index >= 15 is 0 Å². The largest absolute Gasteiger partial charge is 0.208 e. The van der Waals surface area contributed by atoms with Crippen LogP contribution in [0.5, 0.6) is 0 Å². The topological polar surface area (TPSA) is 38.7 Å². The molecule has 1 heterocycles. The number of nitrogens with zero attached hydrogens (tertiary/aromatic N) is 3. The van der Waals surface area contributed by atoms with Crippen molar-refractivity contribution in [1.29, 1.82) is 0 Å². The quantitative estimate of drug-likeness (QED) is 0.201. The van der Waals surface area contributed by atoms with E-state index in [0.717, 1.165) is 41.8 Å². The minimum atomic E-state index is -0.0244. The predicted molar refractivity (Wildman–Crippen MR) is 194 cm³/mol. The highest BCUT2D eigenvalue weighted by Crippen LogP contribution is 2.54. The molecule has 0 N–H and O–H groups in total. The van der Waals surface area contributed by atoms with Crippen LogP contribution in [0.3, 0.4) is 0 Å². The highest BCUT2D eigenvalue weighted by molar-refractivity contribution is 6.03. The van der Waals surface area contributed by atoms with Crippen LogP contribution in [0.15, 0.2) is 133 Å². The van der Waals surface area contributed by atoms with Gasteiger partial charge in [0.15, 0.2) is 17.5 Å². The summed E-state index contributed by atoms with van der Waals surface area (Å²) in [4.78, 5) is 15.4. The van der Waals surface area contributed by atoms with E-state index in [1.807, 2.05) is 36.4 Å². The molecule has 0 saturated carbocycles. The van der Waals surface area contributed by atoms with Gasteiger partial charge in [0.05, 0.1) is 0 Å². The maximum absolute atomic E-state index is 5.21.